The molecule has 0 aromatic carbocycles. The van der Waals surface area contributed by atoms with Crippen molar-refractivity contribution in [1.29, 1.82) is 0 Å². The summed E-state index contributed by atoms with van der Waals surface area (Å²) in [6, 6.07) is 0. The van der Waals surface area contributed by atoms with Crippen LogP contribution in [0.4, 0.5) is 0 Å². The van der Waals surface area contributed by atoms with Gasteiger partial charge in [0.1, 0.15) is 19.8 Å². The van der Waals surface area contributed by atoms with E-state index in [1.165, 1.54) is 83.5 Å². The Hall–Kier alpha value is -2.55. The molecular formula is C54H96NO8P. The molecule has 0 aromatic rings. The minimum Gasteiger partial charge on any atom is -0.756 e. The van der Waals surface area contributed by atoms with Gasteiger partial charge in [-0.2, -0.15) is 0 Å². The number of phosphoric ester groups is 1. The first-order valence-corrected chi connectivity index (χ1v) is 27.1. The van der Waals surface area contributed by atoms with Crippen molar-refractivity contribution in [1.82, 2.24) is 0 Å². The molecule has 0 N–H and O–H groups in total. The van der Waals surface area contributed by atoms with Crippen molar-refractivity contribution in [2.24, 2.45) is 0 Å². The number of carbonyl (C=O) groups is 2. The molecule has 2 unspecified atom stereocenters. The highest BCUT2D eigenvalue weighted by molar-refractivity contribution is 7.45. The zero-order valence-electron chi connectivity index (χ0n) is 41.7. The molecule has 0 spiro atoms. The highest BCUT2D eigenvalue weighted by Gasteiger charge is 2.21. The quantitative estimate of drug-likeness (QED) is 0.0195. The Morgan fingerprint density at radius 3 is 1.33 bits per heavy atom. The molecule has 0 aliphatic carbocycles. The van der Waals surface area contributed by atoms with E-state index in [2.05, 4.69) is 86.8 Å². The number of rotatable bonds is 46. The first-order valence-electron chi connectivity index (χ1n) is 25.6. The summed E-state index contributed by atoms with van der Waals surface area (Å²) < 4.78 is 34.0. The Morgan fingerprint density at radius 1 is 0.500 bits per heavy atom. The van der Waals surface area contributed by atoms with Gasteiger partial charge in [0.2, 0.25) is 0 Å². The first kappa shape index (κ1) is 61.5. The van der Waals surface area contributed by atoms with Gasteiger partial charge in [-0.15, -0.1) is 0 Å². The van der Waals surface area contributed by atoms with Crippen molar-refractivity contribution < 1.29 is 42.1 Å². The van der Waals surface area contributed by atoms with Crippen molar-refractivity contribution in [2.45, 2.75) is 213 Å². The minimum absolute atomic E-state index is 0.0375. The van der Waals surface area contributed by atoms with E-state index in [1.807, 2.05) is 21.1 Å². The van der Waals surface area contributed by atoms with Gasteiger partial charge in [0.05, 0.1) is 27.7 Å². The number of unbranched alkanes of at least 4 members (excludes halogenated alkanes) is 20. The third-order valence-corrected chi connectivity index (χ3v) is 11.7. The zero-order chi connectivity index (χ0) is 47.1. The summed E-state index contributed by atoms with van der Waals surface area (Å²) in [6.45, 7) is 4.09. The lowest BCUT2D eigenvalue weighted by Gasteiger charge is -2.28. The van der Waals surface area contributed by atoms with Crippen LogP contribution in [0.1, 0.15) is 206 Å². The lowest BCUT2D eigenvalue weighted by Crippen LogP contribution is -2.37. The van der Waals surface area contributed by atoms with Crippen molar-refractivity contribution >= 4 is 19.8 Å². The van der Waals surface area contributed by atoms with Gasteiger partial charge in [0, 0.05) is 12.8 Å². The van der Waals surface area contributed by atoms with E-state index in [9.17, 15) is 19.0 Å². The lowest BCUT2D eigenvalue weighted by molar-refractivity contribution is -0.870. The Kier molecular flexibility index (Phi) is 43.8. The van der Waals surface area contributed by atoms with Crippen LogP contribution in [-0.2, 0) is 32.7 Å². The monoisotopic (exact) mass is 918 g/mol. The zero-order valence-corrected chi connectivity index (χ0v) is 42.6. The number of esters is 2. The van der Waals surface area contributed by atoms with Crippen LogP contribution >= 0.6 is 7.82 Å². The maximum atomic E-state index is 12.7. The number of hydrogen-bond donors (Lipinski definition) is 0. The fourth-order valence-corrected chi connectivity index (χ4v) is 7.46. The van der Waals surface area contributed by atoms with Crippen LogP contribution in [0, 0.1) is 0 Å². The SMILES string of the molecule is CC/C=C\C/C=C\C/C=C\CCCCCCCCCC(=O)OCC(COP(=O)([O-])OCC[N+](C)(C)C)OC(=O)CCCCCCCCCC/C=C\C/C=C\C/C=C\CCCCCCC. The lowest BCUT2D eigenvalue weighted by atomic mass is 10.1. The fraction of sp³-hybridized carbons (Fsp3) is 0.741. The topological polar surface area (TPSA) is 111 Å². The molecule has 0 bridgehead atoms. The van der Waals surface area contributed by atoms with E-state index < -0.39 is 32.5 Å². The summed E-state index contributed by atoms with van der Waals surface area (Å²) in [4.78, 5) is 37.7. The molecular weight excluding hydrogens is 822 g/mol. The standard InChI is InChI=1S/C54H96NO8P/c1-6-8-10-12-14-16-18-20-22-24-25-26-27-28-29-31-33-35-37-39-41-43-45-47-54(57)63-52(51-62-64(58,59)61-49-48-55(3,4)5)50-60-53(56)46-44-42-40-38-36-34-32-30-23-21-19-17-15-13-11-9-7-2/h9,11,15,17-18,20-21,23-25,27-28,52H,6-8,10,12-14,16,19,22,26,29-51H2,1-5H3/b11-9-,17-15-,20-18-,23-21-,25-24-,28-27-. The van der Waals surface area contributed by atoms with Crippen LogP contribution in [0.5, 0.6) is 0 Å². The predicted octanol–water partition coefficient (Wildman–Crippen LogP) is 14.7. The predicted molar refractivity (Wildman–Crippen MR) is 268 cm³/mol. The van der Waals surface area contributed by atoms with Gasteiger partial charge in [-0.3, -0.25) is 14.2 Å². The average Bonchev–Trinajstić information content (AvgIpc) is 3.25. The number of nitrogens with zero attached hydrogens (tertiary/aromatic N) is 1. The third-order valence-electron chi connectivity index (χ3n) is 10.7. The van der Waals surface area contributed by atoms with E-state index in [0.29, 0.717) is 23.9 Å². The third kappa shape index (κ3) is 48.9. The van der Waals surface area contributed by atoms with Gasteiger partial charge in [0.25, 0.3) is 7.82 Å². The summed E-state index contributed by atoms with van der Waals surface area (Å²) in [5.41, 5.74) is 0. The van der Waals surface area contributed by atoms with Crippen LogP contribution in [0.2, 0.25) is 0 Å². The van der Waals surface area contributed by atoms with E-state index in [1.54, 1.807) is 0 Å². The second-order valence-corrected chi connectivity index (χ2v) is 19.6. The second-order valence-electron chi connectivity index (χ2n) is 18.1. The highest BCUT2D eigenvalue weighted by Crippen LogP contribution is 2.38. The number of phosphoric acid groups is 1. The van der Waals surface area contributed by atoms with Crippen LogP contribution < -0.4 is 4.89 Å². The highest BCUT2D eigenvalue weighted by atomic mass is 31.2. The smallest absolute Gasteiger partial charge is 0.306 e. The molecule has 9 nitrogen and oxygen atoms in total. The molecule has 64 heavy (non-hydrogen) atoms. The Bertz CT molecular complexity index is 1310. The van der Waals surface area contributed by atoms with Gasteiger partial charge in [-0.05, 0) is 83.5 Å². The summed E-state index contributed by atoms with van der Waals surface area (Å²) >= 11 is 0. The van der Waals surface area contributed by atoms with Crippen LogP contribution in [-0.4, -0.2) is 70.0 Å². The van der Waals surface area contributed by atoms with E-state index >= 15 is 0 Å². The van der Waals surface area contributed by atoms with Crippen LogP contribution in [0.15, 0.2) is 72.9 Å². The van der Waals surface area contributed by atoms with Crippen LogP contribution in [0.3, 0.4) is 0 Å². The molecule has 370 valence electrons. The number of carbonyl (C=O) groups excluding carboxylic acids is 2. The van der Waals surface area contributed by atoms with Crippen LogP contribution in [0.25, 0.3) is 0 Å². The first-order chi connectivity index (χ1) is 31.0. The minimum atomic E-state index is -4.64. The van der Waals surface area contributed by atoms with E-state index in [4.69, 9.17) is 18.5 Å². The molecule has 0 saturated heterocycles. The maximum Gasteiger partial charge on any atom is 0.306 e. The number of hydrogen-bond acceptors (Lipinski definition) is 8. The number of ether oxygens (including phenoxy) is 2. The Morgan fingerprint density at radius 2 is 0.891 bits per heavy atom. The Balaban J connectivity index is 4.29. The molecule has 0 heterocycles. The maximum absolute atomic E-state index is 12.7. The molecule has 0 aliphatic rings. The largest absolute Gasteiger partial charge is 0.756 e. The van der Waals surface area contributed by atoms with Crippen molar-refractivity contribution in [3.8, 4) is 0 Å². The van der Waals surface area contributed by atoms with Gasteiger partial charge in [-0.1, -0.05) is 183 Å². The number of quaternary nitrogens is 1. The summed E-state index contributed by atoms with van der Waals surface area (Å²) in [6.07, 6.45) is 57.8. The number of likely N-dealkylation sites (N-methyl/N-ethyl adjacent to an activating group) is 1. The van der Waals surface area contributed by atoms with Crippen molar-refractivity contribution in [3.63, 3.8) is 0 Å². The normalized spacial score (nSPS) is 14.0. The van der Waals surface area contributed by atoms with Gasteiger partial charge in [-0.25, -0.2) is 0 Å². The number of allylic oxidation sites excluding steroid dienone is 12. The molecule has 0 rings (SSSR count). The van der Waals surface area contributed by atoms with Gasteiger partial charge in [0.15, 0.2) is 6.10 Å². The molecule has 0 saturated carbocycles. The average molecular weight is 918 g/mol. The molecule has 0 radical (unpaired) electrons. The molecule has 2 atom stereocenters. The molecule has 0 aliphatic heterocycles. The van der Waals surface area contributed by atoms with Gasteiger partial charge < -0.3 is 27.9 Å². The van der Waals surface area contributed by atoms with Crippen molar-refractivity contribution in [3.05, 3.63) is 72.9 Å². The molecule has 0 fully saturated rings. The summed E-state index contributed by atoms with van der Waals surface area (Å²) in [5, 5.41) is 0. The Labute approximate surface area is 393 Å². The summed E-state index contributed by atoms with van der Waals surface area (Å²) in [5.74, 6) is -0.856. The van der Waals surface area contributed by atoms with E-state index in [-0.39, 0.29) is 26.1 Å². The van der Waals surface area contributed by atoms with Crippen molar-refractivity contribution in [2.75, 3.05) is 47.5 Å². The molecule has 0 amide bonds. The molecule has 10 heteroatoms. The summed E-state index contributed by atoms with van der Waals surface area (Å²) in [7, 11) is 1.15. The van der Waals surface area contributed by atoms with E-state index in [0.717, 1.165) is 83.5 Å². The second kappa shape index (κ2) is 45.6. The molecule has 0 aromatic heterocycles. The fourth-order valence-electron chi connectivity index (χ4n) is 6.73. The van der Waals surface area contributed by atoms with Gasteiger partial charge >= 0.3 is 11.9 Å².